The smallest absolute Gasteiger partial charge is 0.213 e. The van der Waals surface area contributed by atoms with Crippen LogP contribution in [0, 0.1) is 12.7 Å². The molecule has 0 amide bonds. The predicted octanol–water partition coefficient (Wildman–Crippen LogP) is 5.22. The number of halogens is 2. The Morgan fingerprint density at radius 3 is 2.73 bits per heavy atom. The van der Waals surface area contributed by atoms with Crippen molar-refractivity contribution in [2.45, 2.75) is 44.7 Å². The van der Waals surface area contributed by atoms with E-state index >= 15 is 0 Å². The minimum atomic E-state index is -0.444. The van der Waals surface area contributed by atoms with E-state index < -0.39 is 5.82 Å². The van der Waals surface area contributed by atoms with Crippen LogP contribution >= 0.6 is 11.6 Å². The van der Waals surface area contributed by atoms with Crippen LogP contribution in [0.15, 0.2) is 53.9 Å². The molecule has 1 aromatic carbocycles. The molecule has 5 rings (SSSR count). The van der Waals surface area contributed by atoms with Crippen LogP contribution in [0.4, 0.5) is 15.8 Å². The summed E-state index contributed by atoms with van der Waals surface area (Å²) in [6.45, 7) is 2.00. The monoisotopic (exact) mass is 521 g/mol. The van der Waals surface area contributed by atoms with Gasteiger partial charge in [0.05, 0.1) is 40.8 Å². The third-order valence-corrected chi connectivity index (χ3v) is 7.10. The van der Waals surface area contributed by atoms with Crippen molar-refractivity contribution in [3.8, 4) is 17.0 Å². The maximum absolute atomic E-state index is 13.9. The Hall–Kier alpha value is -3.69. The predicted molar refractivity (Wildman–Crippen MR) is 145 cm³/mol. The third kappa shape index (κ3) is 5.23. The Morgan fingerprint density at radius 1 is 1.19 bits per heavy atom. The highest BCUT2D eigenvalue weighted by Crippen LogP contribution is 2.34. The molecule has 0 saturated heterocycles. The molecule has 1 saturated carbocycles. The number of aromatic nitrogens is 3. The second-order valence-electron chi connectivity index (χ2n) is 9.38. The molecule has 8 nitrogen and oxygen atoms in total. The van der Waals surface area contributed by atoms with Crippen molar-refractivity contribution in [3.05, 3.63) is 70.9 Å². The highest BCUT2D eigenvalue weighted by molar-refractivity contribution is 6.33. The molecule has 0 radical (unpaired) electrons. The number of aliphatic imine (C=N–C) groups is 1. The van der Waals surface area contributed by atoms with Gasteiger partial charge in [-0.3, -0.25) is 0 Å². The maximum Gasteiger partial charge on any atom is 0.213 e. The number of benzene rings is 1. The van der Waals surface area contributed by atoms with E-state index in [2.05, 4.69) is 26.5 Å². The van der Waals surface area contributed by atoms with Gasteiger partial charge in [-0.05, 0) is 61.9 Å². The molecule has 0 spiro atoms. The molecule has 0 unspecified atom stereocenters. The summed E-state index contributed by atoms with van der Waals surface area (Å²) in [5.74, 6) is 0.271. The first kappa shape index (κ1) is 25.0. The number of nitrogens with one attached hydrogen (secondary N) is 1. The van der Waals surface area contributed by atoms with Crippen LogP contribution in [0.1, 0.15) is 36.8 Å². The van der Waals surface area contributed by atoms with E-state index in [0.717, 1.165) is 53.6 Å². The van der Waals surface area contributed by atoms with Crippen LogP contribution < -0.4 is 21.5 Å². The minimum absolute atomic E-state index is 0.182. The van der Waals surface area contributed by atoms with Gasteiger partial charge in [0.15, 0.2) is 0 Å². The van der Waals surface area contributed by atoms with Crippen LogP contribution in [0.3, 0.4) is 0 Å². The molecule has 4 aromatic rings. The molecule has 1 aliphatic rings. The summed E-state index contributed by atoms with van der Waals surface area (Å²) in [6, 6.07) is 8.40. The van der Waals surface area contributed by atoms with Crippen molar-refractivity contribution < 1.29 is 9.13 Å². The number of hydrogen-bond acceptors (Lipinski definition) is 6. The lowest BCUT2D eigenvalue weighted by molar-refractivity contribution is 0.398. The fourth-order valence-corrected chi connectivity index (χ4v) is 4.87. The summed E-state index contributed by atoms with van der Waals surface area (Å²) in [5, 5.41) is 8.60. The lowest BCUT2D eigenvalue weighted by atomic mass is 9.91. The van der Waals surface area contributed by atoms with E-state index in [1.165, 1.54) is 18.2 Å². The SMILES string of the molecule is COc1cc(-c2cc3c(NC4CCC(N)CC4)c(C(N)=Nc4cc(F)ccc4Cl)cnn3c2)c(C)cn1. The quantitative estimate of drug-likeness (QED) is 0.236. The van der Waals surface area contributed by atoms with Crippen LogP contribution in [0.5, 0.6) is 5.88 Å². The van der Waals surface area contributed by atoms with E-state index in [4.69, 9.17) is 27.8 Å². The number of nitrogens with zero attached hydrogens (tertiary/aromatic N) is 4. The first-order valence-electron chi connectivity index (χ1n) is 12.2. The van der Waals surface area contributed by atoms with E-state index in [1.807, 2.05) is 23.7 Å². The largest absolute Gasteiger partial charge is 0.481 e. The zero-order valence-corrected chi connectivity index (χ0v) is 21.5. The lowest BCUT2D eigenvalue weighted by Gasteiger charge is -2.28. The summed E-state index contributed by atoms with van der Waals surface area (Å²) >= 11 is 6.25. The second kappa shape index (κ2) is 10.4. The van der Waals surface area contributed by atoms with Gasteiger partial charge in [-0.25, -0.2) is 18.9 Å². The van der Waals surface area contributed by atoms with Crippen LogP contribution in [-0.2, 0) is 0 Å². The number of anilines is 1. The molecule has 3 aromatic heterocycles. The maximum atomic E-state index is 13.9. The van der Waals surface area contributed by atoms with Gasteiger partial charge in [0, 0.05) is 42.2 Å². The van der Waals surface area contributed by atoms with E-state index in [9.17, 15) is 4.39 Å². The first-order valence-corrected chi connectivity index (χ1v) is 12.5. The van der Waals surface area contributed by atoms with Gasteiger partial charge < -0.3 is 21.5 Å². The van der Waals surface area contributed by atoms with E-state index in [-0.39, 0.29) is 23.6 Å². The van der Waals surface area contributed by atoms with Crippen molar-refractivity contribution in [2.75, 3.05) is 12.4 Å². The van der Waals surface area contributed by atoms with Crippen molar-refractivity contribution in [3.63, 3.8) is 0 Å². The van der Waals surface area contributed by atoms with Crippen molar-refractivity contribution in [1.29, 1.82) is 0 Å². The van der Waals surface area contributed by atoms with Crippen molar-refractivity contribution >= 4 is 34.3 Å². The number of pyridine rings is 1. The van der Waals surface area contributed by atoms with Crippen molar-refractivity contribution in [2.24, 2.45) is 16.5 Å². The average Bonchev–Trinajstić information content (AvgIpc) is 3.32. The van der Waals surface area contributed by atoms with Crippen molar-refractivity contribution in [1.82, 2.24) is 14.6 Å². The molecule has 0 aliphatic heterocycles. The lowest BCUT2D eigenvalue weighted by Crippen LogP contribution is -2.33. The van der Waals surface area contributed by atoms with Gasteiger partial charge >= 0.3 is 0 Å². The summed E-state index contributed by atoms with van der Waals surface area (Å²) < 4.78 is 21.0. The topological polar surface area (TPSA) is 116 Å². The number of methoxy groups -OCH3 is 1. The second-order valence-corrected chi connectivity index (χ2v) is 9.79. The molecule has 0 atom stereocenters. The summed E-state index contributed by atoms with van der Waals surface area (Å²) in [5.41, 5.74) is 18.1. The Morgan fingerprint density at radius 2 is 1.97 bits per heavy atom. The standard InChI is InChI=1S/C27H29ClFN7O/c1-15-12-32-25(37-2)11-20(15)16-9-24-26(34-19-6-4-18(30)5-7-19)21(13-33-36(24)14-16)27(31)35-23-10-17(29)3-8-22(23)28/h3,8-14,18-19,34H,4-7,30H2,1-2H3,(H2,31,35). The fraction of sp³-hybridized carbons (Fsp3) is 0.296. The zero-order chi connectivity index (χ0) is 26.1. The molecule has 1 fully saturated rings. The Bertz CT molecular complexity index is 1480. The number of ether oxygens (including phenoxy) is 1. The summed E-state index contributed by atoms with van der Waals surface area (Å²) in [4.78, 5) is 8.74. The molecule has 192 valence electrons. The zero-order valence-electron chi connectivity index (χ0n) is 20.7. The highest BCUT2D eigenvalue weighted by Gasteiger charge is 2.22. The Labute approximate surface area is 219 Å². The number of rotatable bonds is 6. The number of aryl methyl sites for hydroxylation is 1. The normalized spacial score (nSPS) is 18.2. The number of hydrogen-bond donors (Lipinski definition) is 3. The number of nitrogens with two attached hydrogens (primary N) is 2. The third-order valence-electron chi connectivity index (χ3n) is 6.78. The van der Waals surface area contributed by atoms with Gasteiger partial charge in [-0.15, -0.1) is 0 Å². The molecule has 3 heterocycles. The van der Waals surface area contributed by atoms with E-state index in [1.54, 1.807) is 19.5 Å². The molecule has 0 bridgehead atoms. The summed E-state index contributed by atoms with van der Waals surface area (Å²) in [6.07, 6.45) is 9.18. The molecule has 5 N–H and O–H groups in total. The minimum Gasteiger partial charge on any atom is -0.481 e. The number of amidine groups is 1. The van der Waals surface area contributed by atoms with Gasteiger partial charge in [0.25, 0.3) is 0 Å². The highest BCUT2D eigenvalue weighted by atomic mass is 35.5. The molecule has 37 heavy (non-hydrogen) atoms. The van der Waals surface area contributed by atoms with Crippen LogP contribution in [0.25, 0.3) is 16.6 Å². The molecular weight excluding hydrogens is 493 g/mol. The first-order chi connectivity index (χ1) is 17.8. The van der Waals surface area contributed by atoms with Gasteiger partial charge in [0.2, 0.25) is 5.88 Å². The summed E-state index contributed by atoms with van der Waals surface area (Å²) in [7, 11) is 1.59. The van der Waals surface area contributed by atoms with Crippen LogP contribution in [0.2, 0.25) is 5.02 Å². The van der Waals surface area contributed by atoms with Gasteiger partial charge in [-0.1, -0.05) is 11.6 Å². The Balaban J connectivity index is 1.63. The average molecular weight is 522 g/mol. The molecular formula is C27H29ClFN7O. The van der Waals surface area contributed by atoms with E-state index in [0.29, 0.717) is 16.5 Å². The molecule has 10 heteroatoms. The van der Waals surface area contributed by atoms with Gasteiger partial charge in [-0.2, -0.15) is 5.10 Å². The molecule has 1 aliphatic carbocycles. The van der Waals surface area contributed by atoms with Gasteiger partial charge in [0.1, 0.15) is 11.7 Å². The fourth-order valence-electron chi connectivity index (χ4n) is 4.71. The number of fused-ring (bicyclic) bond motifs is 1. The van der Waals surface area contributed by atoms with Crippen LogP contribution in [-0.4, -0.2) is 39.6 Å². The Kier molecular flexibility index (Phi) is 6.99.